The smallest absolute Gasteiger partial charge is 0.304 e. The second kappa shape index (κ2) is 11.9. The SMILES string of the molecule is C#C[C@@H](CC(=O)O)c1ccc(OCc2ccc(C(=N)COC)c(NCC(C)C)c2C)cc1. The van der Waals surface area contributed by atoms with E-state index in [9.17, 15) is 4.79 Å². The summed E-state index contributed by atoms with van der Waals surface area (Å²) in [6.07, 6.45) is 5.37. The van der Waals surface area contributed by atoms with Gasteiger partial charge in [0.1, 0.15) is 12.4 Å². The maximum absolute atomic E-state index is 11.0. The molecule has 0 saturated carbocycles. The predicted molar refractivity (Wildman–Crippen MR) is 128 cm³/mol. The summed E-state index contributed by atoms with van der Waals surface area (Å²) in [5, 5.41) is 20.8. The number of hydrogen-bond donors (Lipinski definition) is 3. The number of carbonyl (C=O) groups is 1. The zero-order chi connectivity index (χ0) is 23.7. The Kier molecular flexibility index (Phi) is 9.30. The number of ether oxygens (including phenoxy) is 2. The second-order valence-electron chi connectivity index (χ2n) is 8.13. The summed E-state index contributed by atoms with van der Waals surface area (Å²) in [4.78, 5) is 11.0. The van der Waals surface area contributed by atoms with E-state index in [1.54, 1.807) is 31.4 Å². The van der Waals surface area contributed by atoms with Gasteiger partial charge in [-0.2, -0.15) is 0 Å². The van der Waals surface area contributed by atoms with E-state index in [2.05, 4.69) is 25.1 Å². The first-order valence-corrected chi connectivity index (χ1v) is 10.6. The highest BCUT2D eigenvalue weighted by Crippen LogP contribution is 2.27. The molecule has 0 bridgehead atoms. The number of methoxy groups -OCH3 is 1. The van der Waals surface area contributed by atoms with Gasteiger partial charge < -0.3 is 25.3 Å². The molecule has 0 unspecified atom stereocenters. The van der Waals surface area contributed by atoms with Crippen LogP contribution in [0, 0.1) is 30.6 Å². The average Bonchev–Trinajstić information content (AvgIpc) is 2.76. The molecule has 0 heterocycles. The van der Waals surface area contributed by atoms with E-state index in [4.69, 9.17) is 26.4 Å². The number of rotatable bonds is 12. The molecule has 3 N–H and O–H groups in total. The van der Waals surface area contributed by atoms with Crippen molar-refractivity contribution < 1.29 is 19.4 Å². The Morgan fingerprint density at radius 3 is 2.47 bits per heavy atom. The zero-order valence-corrected chi connectivity index (χ0v) is 19.2. The van der Waals surface area contributed by atoms with Gasteiger partial charge in [0.25, 0.3) is 0 Å². The highest BCUT2D eigenvalue weighted by molar-refractivity contribution is 6.04. The lowest BCUT2D eigenvalue weighted by Crippen LogP contribution is -2.16. The van der Waals surface area contributed by atoms with Crippen LogP contribution in [0.5, 0.6) is 5.75 Å². The highest BCUT2D eigenvalue weighted by atomic mass is 16.5. The van der Waals surface area contributed by atoms with E-state index in [0.717, 1.165) is 34.5 Å². The van der Waals surface area contributed by atoms with E-state index in [1.165, 1.54) is 0 Å². The molecule has 0 radical (unpaired) electrons. The van der Waals surface area contributed by atoms with Crippen LogP contribution in [0.2, 0.25) is 0 Å². The van der Waals surface area contributed by atoms with Crippen molar-refractivity contribution in [3.63, 3.8) is 0 Å². The molecule has 0 aliphatic heterocycles. The average molecular weight is 437 g/mol. The number of anilines is 1. The van der Waals surface area contributed by atoms with Crippen LogP contribution in [0.25, 0.3) is 0 Å². The third-order valence-corrected chi connectivity index (χ3v) is 5.13. The maximum atomic E-state index is 11.0. The van der Waals surface area contributed by atoms with Gasteiger partial charge in [-0.05, 0) is 41.7 Å². The number of nitrogens with one attached hydrogen (secondary N) is 2. The fraction of sp³-hybridized carbons (Fsp3) is 0.385. The van der Waals surface area contributed by atoms with Crippen LogP contribution >= 0.6 is 0 Å². The molecule has 2 rings (SSSR count). The lowest BCUT2D eigenvalue weighted by atomic mass is 9.96. The Labute approximate surface area is 190 Å². The van der Waals surface area contributed by atoms with Crippen LogP contribution in [0.15, 0.2) is 36.4 Å². The molecule has 0 fully saturated rings. The fourth-order valence-corrected chi connectivity index (χ4v) is 3.32. The van der Waals surface area contributed by atoms with Crippen molar-refractivity contribution in [3.8, 4) is 18.1 Å². The summed E-state index contributed by atoms with van der Waals surface area (Å²) in [5.74, 6) is 2.28. The maximum Gasteiger partial charge on any atom is 0.304 e. The summed E-state index contributed by atoms with van der Waals surface area (Å²) < 4.78 is 11.1. The quantitative estimate of drug-likeness (QED) is 0.327. The van der Waals surface area contributed by atoms with E-state index < -0.39 is 11.9 Å². The van der Waals surface area contributed by atoms with E-state index in [1.807, 2.05) is 19.1 Å². The standard InChI is InChI=1S/C26H32N2O4/c1-6-19(13-25(29)30)20-7-10-22(11-8-20)32-15-21-9-12-23(24(27)16-31-5)26(18(21)4)28-14-17(2)3/h1,7-12,17,19,27-28H,13-16H2,2-5H3,(H,29,30)/t19-/m0/s1. The van der Waals surface area contributed by atoms with Crippen molar-refractivity contribution in [1.82, 2.24) is 0 Å². The first-order chi connectivity index (χ1) is 15.3. The third-order valence-electron chi connectivity index (χ3n) is 5.13. The number of carboxylic acid groups (broad SMARTS) is 1. The van der Waals surface area contributed by atoms with Crippen LogP contribution < -0.4 is 10.1 Å². The van der Waals surface area contributed by atoms with Crippen LogP contribution in [0.4, 0.5) is 5.69 Å². The molecular weight excluding hydrogens is 404 g/mol. The summed E-state index contributed by atoms with van der Waals surface area (Å²) in [6.45, 7) is 7.72. The minimum atomic E-state index is -0.923. The summed E-state index contributed by atoms with van der Waals surface area (Å²) in [7, 11) is 1.59. The van der Waals surface area contributed by atoms with Gasteiger partial charge in [-0.1, -0.05) is 44.0 Å². The Hall–Kier alpha value is -3.30. The summed E-state index contributed by atoms with van der Waals surface area (Å²) in [6, 6.07) is 11.1. The zero-order valence-electron chi connectivity index (χ0n) is 19.2. The first kappa shape index (κ1) is 25.0. The minimum absolute atomic E-state index is 0.105. The summed E-state index contributed by atoms with van der Waals surface area (Å²) >= 11 is 0. The van der Waals surface area contributed by atoms with Gasteiger partial charge in [-0.15, -0.1) is 6.42 Å². The molecule has 1 atom stereocenters. The molecule has 0 aromatic heterocycles. The van der Waals surface area contributed by atoms with Crippen molar-refractivity contribution in [1.29, 1.82) is 5.41 Å². The van der Waals surface area contributed by atoms with Gasteiger partial charge in [0, 0.05) is 24.9 Å². The van der Waals surface area contributed by atoms with E-state index in [-0.39, 0.29) is 13.0 Å². The Bertz CT molecular complexity index is 975. The number of aliphatic carboxylic acids is 1. The van der Waals surface area contributed by atoms with Crippen molar-refractivity contribution >= 4 is 17.4 Å². The molecule has 32 heavy (non-hydrogen) atoms. The largest absolute Gasteiger partial charge is 0.489 e. The number of terminal acetylenes is 1. The van der Waals surface area contributed by atoms with Gasteiger partial charge in [-0.3, -0.25) is 4.79 Å². The van der Waals surface area contributed by atoms with Crippen molar-refractivity contribution in [2.45, 2.75) is 39.7 Å². The normalized spacial score (nSPS) is 11.6. The molecule has 0 amide bonds. The third kappa shape index (κ3) is 6.86. The van der Waals surface area contributed by atoms with Crippen LogP contribution in [-0.4, -0.2) is 37.0 Å². The molecule has 2 aromatic carbocycles. The van der Waals surface area contributed by atoms with Gasteiger partial charge in [0.15, 0.2) is 0 Å². The van der Waals surface area contributed by atoms with Crippen molar-refractivity contribution in [2.24, 2.45) is 5.92 Å². The molecule has 2 aromatic rings. The number of benzene rings is 2. The lowest BCUT2D eigenvalue weighted by Gasteiger charge is -2.20. The first-order valence-electron chi connectivity index (χ1n) is 10.6. The highest BCUT2D eigenvalue weighted by Gasteiger charge is 2.15. The fourth-order valence-electron chi connectivity index (χ4n) is 3.32. The van der Waals surface area contributed by atoms with Gasteiger partial charge >= 0.3 is 5.97 Å². The molecule has 170 valence electrons. The Balaban J connectivity index is 2.18. The molecular formula is C26H32N2O4. The lowest BCUT2D eigenvalue weighted by molar-refractivity contribution is -0.137. The molecule has 0 spiro atoms. The number of carboxylic acids is 1. The molecule has 6 heteroatoms. The van der Waals surface area contributed by atoms with Crippen molar-refractivity contribution in [2.75, 3.05) is 25.6 Å². The van der Waals surface area contributed by atoms with E-state index >= 15 is 0 Å². The molecule has 6 nitrogen and oxygen atoms in total. The number of hydrogen-bond acceptors (Lipinski definition) is 5. The second-order valence-corrected chi connectivity index (χ2v) is 8.13. The van der Waals surface area contributed by atoms with Gasteiger partial charge in [0.05, 0.1) is 24.7 Å². The van der Waals surface area contributed by atoms with Gasteiger partial charge in [0.2, 0.25) is 0 Å². The van der Waals surface area contributed by atoms with Gasteiger partial charge in [-0.25, -0.2) is 0 Å². The van der Waals surface area contributed by atoms with Crippen LogP contribution in [0.3, 0.4) is 0 Å². The summed E-state index contributed by atoms with van der Waals surface area (Å²) in [5.41, 5.74) is 5.02. The minimum Gasteiger partial charge on any atom is -0.489 e. The topological polar surface area (TPSA) is 91.6 Å². The predicted octanol–water partition coefficient (Wildman–Crippen LogP) is 4.85. The van der Waals surface area contributed by atoms with E-state index in [0.29, 0.717) is 24.0 Å². The Morgan fingerprint density at radius 2 is 1.91 bits per heavy atom. The van der Waals surface area contributed by atoms with Crippen molar-refractivity contribution in [3.05, 3.63) is 58.7 Å². The molecule has 0 saturated heterocycles. The van der Waals surface area contributed by atoms with Crippen LogP contribution in [-0.2, 0) is 16.1 Å². The molecule has 0 aliphatic carbocycles. The Morgan fingerprint density at radius 1 is 1.22 bits per heavy atom. The molecule has 0 aliphatic rings. The monoisotopic (exact) mass is 436 g/mol. The van der Waals surface area contributed by atoms with Crippen LogP contribution in [0.1, 0.15) is 48.4 Å².